The lowest BCUT2D eigenvalue weighted by atomic mass is 9.90. The predicted molar refractivity (Wildman–Crippen MR) is 80.0 cm³/mol. The summed E-state index contributed by atoms with van der Waals surface area (Å²) < 4.78 is 18.9. The molecule has 1 aliphatic carbocycles. The number of carbonyl (C=O) groups is 1. The number of imidazole rings is 1. The Morgan fingerprint density at radius 2 is 2.36 bits per heavy atom. The second kappa shape index (κ2) is 6.08. The molecule has 0 spiro atoms. The third kappa shape index (κ3) is 2.99. The van der Waals surface area contributed by atoms with Gasteiger partial charge in [-0.15, -0.1) is 0 Å². The molecule has 0 saturated heterocycles. The van der Waals surface area contributed by atoms with E-state index in [1.807, 2.05) is 6.92 Å². The molecule has 1 aromatic heterocycles. The van der Waals surface area contributed by atoms with Gasteiger partial charge in [-0.3, -0.25) is 4.79 Å². The van der Waals surface area contributed by atoms with Crippen LogP contribution in [0.4, 0.5) is 4.39 Å². The number of aryl methyl sites for hydroxylation is 2. The quantitative estimate of drug-likeness (QED) is 0.882. The summed E-state index contributed by atoms with van der Waals surface area (Å²) in [6.07, 6.45) is 2.03. The van der Waals surface area contributed by atoms with E-state index in [0.29, 0.717) is 12.8 Å². The highest BCUT2D eigenvalue weighted by Gasteiger charge is 2.28. The van der Waals surface area contributed by atoms with E-state index >= 15 is 0 Å². The van der Waals surface area contributed by atoms with Crippen LogP contribution >= 0.6 is 11.6 Å². The molecule has 1 atom stereocenters. The van der Waals surface area contributed by atoms with Crippen molar-refractivity contribution in [2.45, 2.75) is 32.8 Å². The molecular weight excluding hydrogens is 307 g/mol. The van der Waals surface area contributed by atoms with Gasteiger partial charge in [-0.05, 0) is 31.9 Å². The third-order valence-corrected chi connectivity index (χ3v) is 4.27. The van der Waals surface area contributed by atoms with Crippen molar-refractivity contribution < 1.29 is 13.9 Å². The topological polar surface area (TPSA) is 55.0 Å². The van der Waals surface area contributed by atoms with Gasteiger partial charge in [-0.1, -0.05) is 17.7 Å². The molecule has 1 heterocycles. The van der Waals surface area contributed by atoms with Crippen molar-refractivity contribution in [1.82, 2.24) is 9.97 Å². The number of aromatic nitrogens is 2. The van der Waals surface area contributed by atoms with E-state index in [-0.39, 0.29) is 29.1 Å². The van der Waals surface area contributed by atoms with Crippen LogP contribution in [0.2, 0.25) is 5.02 Å². The van der Waals surface area contributed by atoms with Crippen LogP contribution in [0.25, 0.3) is 0 Å². The molecule has 0 saturated carbocycles. The highest BCUT2D eigenvalue weighted by Crippen LogP contribution is 2.26. The number of hydrogen-bond acceptors (Lipinski definition) is 3. The molecule has 0 fully saturated rings. The maximum Gasteiger partial charge on any atom is 0.309 e. The van der Waals surface area contributed by atoms with Crippen molar-refractivity contribution >= 4 is 17.6 Å². The molecule has 3 rings (SSSR count). The molecule has 116 valence electrons. The zero-order valence-corrected chi connectivity index (χ0v) is 12.9. The number of nitrogens with zero attached hydrogens (tertiary/aromatic N) is 1. The minimum Gasteiger partial charge on any atom is -0.460 e. The molecule has 6 heteroatoms. The number of carbonyl (C=O) groups excluding carboxylic acids is 1. The van der Waals surface area contributed by atoms with E-state index in [0.717, 1.165) is 23.6 Å². The number of esters is 1. The Morgan fingerprint density at radius 3 is 3.14 bits per heavy atom. The van der Waals surface area contributed by atoms with Gasteiger partial charge in [-0.2, -0.15) is 0 Å². The van der Waals surface area contributed by atoms with Crippen LogP contribution in [-0.4, -0.2) is 15.9 Å². The molecule has 0 unspecified atom stereocenters. The number of hydrogen-bond donors (Lipinski definition) is 1. The number of fused-ring (bicyclic) bond motifs is 1. The van der Waals surface area contributed by atoms with Crippen LogP contribution in [0.3, 0.4) is 0 Å². The number of nitrogens with one attached hydrogen (secondary N) is 1. The van der Waals surface area contributed by atoms with Crippen LogP contribution in [0.15, 0.2) is 18.2 Å². The first kappa shape index (κ1) is 15.0. The molecule has 1 N–H and O–H groups in total. The van der Waals surface area contributed by atoms with Crippen LogP contribution < -0.4 is 0 Å². The largest absolute Gasteiger partial charge is 0.460 e. The van der Waals surface area contributed by atoms with Gasteiger partial charge >= 0.3 is 5.97 Å². The van der Waals surface area contributed by atoms with E-state index in [4.69, 9.17) is 16.3 Å². The van der Waals surface area contributed by atoms with Crippen molar-refractivity contribution in [2.24, 2.45) is 5.92 Å². The molecule has 1 aliphatic rings. The third-order valence-electron chi connectivity index (χ3n) is 3.92. The highest BCUT2D eigenvalue weighted by molar-refractivity contribution is 6.31. The van der Waals surface area contributed by atoms with Gasteiger partial charge in [0.25, 0.3) is 0 Å². The fraction of sp³-hybridized carbons (Fsp3) is 0.375. The lowest BCUT2D eigenvalue weighted by Crippen LogP contribution is -2.24. The Balaban J connectivity index is 1.64. The molecular formula is C16H16ClFN2O2. The number of ether oxygens (including phenoxy) is 1. The highest BCUT2D eigenvalue weighted by atomic mass is 35.5. The van der Waals surface area contributed by atoms with Crippen molar-refractivity contribution in [3.63, 3.8) is 0 Å². The summed E-state index contributed by atoms with van der Waals surface area (Å²) in [6, 6.07) is 4.40. The van der Waals surface area contributed by atoms with Gasteiger partial charge in [0.2, 0.25) is 0 Å². The Kier molecular flexibility index (Phi) is 4.16. The monoisotopic (exact) mass is 322 g/mol. The normalized spacial score (nSPS) is 17.1. The number of halogens is 2. The van der Waals surface area contributed by atoms with Gasteiger partial charge in [0.15, 0.2) is 0 Å². The van der Waals surface area contributed by atoms with E-state index in [9.17, 15) is 9.18 Å². The van der Waals surface area contributed by atoms with Crippen molar-refractivity contribution in [1.29, 1.82) is 0 Å². The van der Waals surface area contributed by atoms with Crippen molar-refractivity contribution in [3.8, 4) is 0 Å². The maximum atomic E-state index is 13.7. The first-order valence-corrected chi connectivity index (χ1v) is 7.56. The summed E-state index contributed by atoms with van der Waals surface area (Å²) in [5, 5.41) is 0.267. The zero-order chi connectivity index (χ0) is 15.7. The molecule has 2 aromatic rings. The van der Waals surface area contributed by atoms with Gasteiger partial charge in [0, 0.05) is 17.7 Å². The molecule has 0 radical (unpaired) electrons. The summed E-state index contributed by atoms with van der Waals surface area (Å²) in [5.41, 5.74) is 2.24. The van der Waals surface area contributed by atoms with Crippen molar-refractivity contribution in [3.05, 3.63) is 51.8 Å². The summed E-state index contributed by atoms with van der Waals surface area (Å²) in [6.45, 7) is 1.75. The smallest absolute Gasteiger partial charge is 0.309 e. The number of benzene rings is 1. The van der Waals surface area contributed by atoms with Crippen molar-refractivity contribution in [2.75, 3.05) is 0 Å². The van der Waals surface area contributed by atoms with Crippen LogP contribution in [-0.2, 0) is 29.0 Å². The van der Waals surface area contributed by atoms with E-state index in [1.165, 1.54) is 12.1 Å². The average Bonchev–Trinajstić information content (AvgIpc) is 2.85. The fourth-order valence-electron chi connectivity index (χ4n) is 2.76. The second-order valence-electron chi connectivity index (χ2n) is 5.50. The Morgan fingerprint density at radius 1 is 1.55 bits per heavy atom. The van der Waals surface area contributed by atoms with Gasteiger partial charge < -0.3 is 9.72 Å². The van der Waals surface area contributed by atoms with Crippen LogP contribution in [0.5, 0.6) is 0 Å². The first-order valence-electron chi connectivity index (χ1n) is 7.18. The summed E-state index contributed by atoms with van der Waals surface area (Å²) in [5.74, 6) is -0.150. The van der Waals surface area contributed by atoms with E-state index in [2.05, 4.69) is 9.97 Å². The molecule has 4 nitrogen and oxygen atoms in total. The van der Waals surface area contributed by atoms with Gasteiger partial charge in [-0.25, -0.2) is 9.37 Å². The Hall–Kier alpha value is -1.88. The molecule has 0 bridgehead atoms. The fourth-order valence-corrected chi connectivity index (χ4v) is 2.97. The summed E-state index contributed by atoms with van der Waals surface area (Å²) in [4.78, 5) is 19.7. The predicted octanol–water partition coefficient (Wildman–Crippen LogP) is 3.36. The second-order valence-corrected chi connectivity index (χ2v) is 5.90. The van der Waals surface area contributed by atoms with Crippen LogP contribution in [0, 0.1) is 18.7 Å². The van der Waals surface area contributed by atoms with Crippen LogP contribution in [0.1, 0.15) is 29.2 Å². The maximum absolute atomic E-state index is 13.7. The van der Waals surface area contributed by atoms with E-state index < -0.39 is 5.82 Å². The van der Waals surface area contributed by atoms with Gasteiger partial charge in [0.1, 0.15) is 18.2 Å². The lowest BCUT2D eigenvalue weighted by molar-refractivity contribution is -0.150. The van der Waals surface area contributed by atoms with Gasteiger partial charge in [0.05, 0.1) is 16.6 Å². The number of H-pyrrole nitrogens is 1. The standard InChI is InChI=1S/C16H16ClFN2O2/c1-9-19-14-6-5-10(7-15(14)20-9)16(21)22-8-11-12(17)3-2-4-13(11)18/h2-4,10H,5-8H2,1H3,(H,19,20)/t10-/m1/s1. The van der Waals surface area contributed by atoms with E-state index in [1.54, 1.807) is 6.07 Å². The lowest BCUT2D eigenvalue weighted by Gasteiger charge is -2.20. The SMILES string of the molecule is Cc1nc2c([nH]1)C[C@H](C(=O)OCc1c(F)cccc1Cl)CC2. The zero-order valence-electron chi connectivity index (χ0n) is 12.2. The molecule has 1 aromatic carbocycles. The first-order chi connectivity index (χ1) is 10.5. The molecule has 0 amide bonds. The average molecular weight is 323 g/mol. The minimum atomic E-state index is -0.463. The summed E-state index contributed by atoms with van der Waals surface area (Å²) >= 11 is 5.92. The minimum absolute atomic E-state index is 0.143. The Bertz CT molecular complexity index is 694. The Labute approximate surface area is 132 Å². The molecule has 22 heavy (non-hydrogen) atoms. The number of rotatable bonds is 3. The molecule has 0 aliphatic heterocycles. The summed E-state index contributed by atoms with van der Waals surface area (Å²) in [7, 11) is 0. The number of aromatic amines is 1.